The lowest BCUT2D eigenvalue weighted by Crippen LogP contribution is -2.31. The molecule has 2 aromatic carbocycles. The van der Waals surface area contributed by atoms with Gasteiger partial charge in [0.2, 0.25) is 11.8 Å². The molecule has 4 aromatic rings. The van der Waals surface area contributed by atoms with Crippen LogP contribution in [-0.4, -0.2) is 26.7 Å². The molecule has 0 aliphatic rings. The second-order valence-corrected chi connectivity index (χ2v) is 9.12. The van der Waals surface area contributed by atoms with Crippen molar-refractivity contribution in [2.24, 2.45) is 5.73 Å². The quantitative estimate of drug-likeness (QED) is 0.228. The van der Waals surface area contributed by atoms with E-state index < -0.39 is 11.2 Å². The summed E-state index contributed by atoms with van der Waals surface area (Å²) in [5.41, 5.74) is 7.42. The smallest absolute Gasteiger partial charge is 0.282 e. The van der Waals surface area contributed by atoms with E-state index in [1.807, 2.05) is 35.7 Å². The zero-order chi connectivity index (χ0) is 22.8. The van der Waals surface area contributed by atoms with Gasteiger partial charge in [-0.15, -0.1) is 11.3 Å². The van der Waals surface area contributed by atoms with Gasteiger partial charge >= 0.3 is 0 Å². The second kappa shape index (κ2) is 8.85. The van der Waals surface area contributed by atoms with Gasteiger partial charge in [0.15, 0.2) is 5.16 Å². The number of amides is 2. The molecule has 4 rings (SSSR count). The molecule has 0 radical (unpaired) electrons. The Labute approximate surface area is 191 Å². The molecule has 0 spiro atoms. The highest BCUT2D eigenvalue weighted by Gasteiger charge is 2.21. The summed E-state index contributed by atoms with van der Waals surface area (Å²) in [5.74, 6) is 5.21. The van der Waals surface area contributed by atoms with Crippen molar-refractivity contribution in [1.29, 1.82) is 0 Å². The van der Waals surface area contributed by atoms with Gasteiger partial charge in [-0.25, -0.2) is 9.66 Å². The van der Waals surface area contributed by atoms with E-state index in [1.165, 1.54) is 23.5 Å². The summed E-state index contributed by atoms with van der Waals surface area (Å²) < 4.78 is 0.984. The Morgan fingerprint density at radius 3 is 2.47 bits per heavy atom. The Morgan fingerprint density at radius 1 is 1.12 bits per heavy atom. The molecule has 32 heavy (non-hydrogen) atoms. The van der Waals surface area contributed by atoms with Gasteiger partial charge in [-0.3, -0.25) is 14.4 Å². The van der Waals surface area contributed by atoms with Crippen LogP contribution in [0.1, 0.15) is 17.3 Å². The molecule has 0 aliphatic carbocycles. The van der Waals surface area contributed by atoms with E-state index >= 15 is 0 Å². The van der Waals surface area contributed by atoms with Gasteiger partial charge < -0.3 is 16.9 Å². The lowest BCUT2D eigenvalue weighted by molar-refractivity contribution is -0.115. The number of fused-ring (bicyclic) bond motifs is 1. The molecular weight excluding hydrogens is 446 g/mol. The summed E-state index contributed by atoms with van der Waals surface area (Å²) >= 11 is 2.44. The molecule has 1 atom stereocenters. The van der Waals surface area contributed by atoms with Crippen molar-refractivity contribution < 1.29 is 9.59 Å². The number of thiophene rings is 1. The Balaban J connectivity index is 1.56. The van der Waals surface area contributed by atoms with E-state index in [9.17, 15) is 14.4 Å². The Morgan fingerprint density at radius 2 is 1.81 bits per heavy atom. The van der Waals surface area contributed by atoms with E-state index in [-0.39, 0.29) is 16.6 Å². The van der Waals surface area contributed by atoms with Crippen LogP contribution in [0.15, 0.2) is 69.9 Å². The van der Waals surface area contributed by atoms with Crippen molar-refractivity contribution in [2.75, 3.05) is 11.2 Å². The van der Waals surface area contributed by atoms with Crippen molar-refractivity contribution >= 4 is 50.8 Å². The zero-order valence-electron chi connectivity index (χ0n) is 16.9. The first-order valence-electron chi connectivity index (χ1n) is 9.57. The van der Waals surface area contributed by atoms with Crippen LogP contribution in [0.25, 0.3) is 21.3 Å². The van der Waals surface area contributed by atoms with Gasteiger partial charge in [0, 0.05) is 22.2 Å². The first-order chi connectivity index (χ1) is 15.3. The molecule has 1 unspecified atom stereocenters. The van der Waals surface area contributed by atoms with Crippen molar-refractivity contribution in [1.82, 2.24) is 9.66 Å². The molecule has 162 valence electrons. The van der Waals surface area contributed by atoms with E-state index in [0.29, 0.717) is 21.5 Å². The van der Waals surface area contributed by atoms with Gasteiger partial charge in [0.05, 0.1) is 10.6 Å². The fourth-order valence-electron chi connectivity index (χ4n) is 3.07. The van der Waals surface area contributed by atoms with Gasteiger partial charge in [-0.1, -0.05) is 42.1 Å². The Bertz CT molecular complexity index is 1360. The van der Waals surface area contributed by atoms with E-state index in [0.717, 1.165) is 27.6 Å². The monoisotopic (exact) mass is 465 g/mol. The van der Waals surface area contributed by atoms with Crippen LogP contribution >= 0.6 is 23.1 Å². The van der Waals surface area contributed by atoms with Gasteiger partial charge in [-0.05, 0) is 36.8 Å². The first kappa shape index (κ1) is 21.6. The number of primary amides is 1. The fourth-order valence-corrected chi connectivity index (χ4v) is 4.89. The maximum atomic E-state index is 13.0. The van der Waals surface area contributed by atoms with Crippen LogP contribution in [0.2, 0.25) is 0 Å². The lowest BCUT2D eigenvalue weighted by Gasteiger charge is -2.13. The average Bonchev–Trinajstić information content (AvgIpc) is 3.22. The fraction of sp³-hybridized carbons (Fsp3) is 0.0909. The third-order valence-electron chi connectivity index (χ3n) is 4.78. The molecule has 2 aromatic heterocycles. The van der Waals surface area contributed by atoms with Crippen molar-refractivity contribution in [2.45, 2.75) is 17.3 Å². The number of rotatable bonds is 6. The molecule has 0 saturated carbocycles. The third kappa shape index (κ3) is 4.23. The van der Waals surface area contributed by atoms with Gasteiger partial charge in [0.1, 0.15) is 4.83 Å². The summed E-state index contributed by atoms with van der Waals surface area (Å²) in [6, 6.07) is 15.8. The van der Waals surface area contributed by atoms with Gasteiger partial charge in [0.25, 0.3) is 5.56 Å². The Kier molecular flexibility index (Phi) is 5.97. The van der Waals surface area contributed by atoms with Gasteiger partial charge in [-0.2, -0.15) is 0 Å². The number of benzene rings is 2. The van der Waals surface area contributed by atoms with Crippen LogP contribution in [-0.2, 0) is 4.79 Å². The number of thioether (sulfide) groups is 1. The summed E-state index contributed by atoms with van der Waals surface area (Å²) in [5, 5.41) is 4.76. The maximum Gasteiger partial charge on any atom is 0.282 e. The number of carbonyl (C=O) groups is 2. The molecule has 0 aliphatic heterocycles. The highest BCUT2D eigenvalue weighted by Crippen LogP contribution is 2.32. The number of anilines is 1. The Hall–Kier alpha value is -3.63. The number of aromatic nitrogens is 2. The number of carbonyl (C=O) groups excluding carboxylic acids is 2. The SMILES string of the molecule is CC(Sc1nc2scc(-c3ccccc3)c2c(=O)n1N)C(=O)Nc1ccc(C(N)=O)cc1. The summed E-state index contributed by atoms with van der Waals surface area (Å²) in [7, 11) is 0. The summed E-state index contributed by atoms with van der Waals surface area (Å²) in [4.78, 5) is 41.9. The van der Waals surface area contributed by atoms with E-state index in [4.69, 9.17) is 11.6 Å². The predicted octanol–water partition coefficient (Wildman–Crippen LogP) is 3.06. The number of nitrogens with two attached hydrogens (primary N) is 2. The first-order valence-corrected chi connectivity index (χ1v) is 11.3. The molecule has 0 fully saturated rings. The minimum Gasteiger partial charge on any atom is -0.366 e. The molecule has 5 N–H and O–H groups in total. The second-order valence-electron chi connectivity index (χ2n) is 6.96. The summed E-state index contributed by atoms with van der Waals surface area (Å²) in [6.45, 7) is 1.69. The molecule has 0 bridgehead atoms. The number of hydrogen-bond acceptors (Lipinski definition) is 7. The van der Waals surface area contributed by atoms with Crippen LogP contribution in [0.4, 0.5) is 5.69 Å². The van der Waals surface area contributed by atoms with Crippen LogP contribution in [0, 0.1) is 0 Å². The number of nitrogen functional groups attached to an aromatic ring is 1. The molecule has 2 heterocycles. The van der Waals surface area contributed by atoms with Crippen LogP contribution in [0.3, 0.4) is 0 Å². The average molecular weight is 466 g/mol. The van der Waals surface area contributed by atoms with Crippen LogP contribution < -0.4 is 22.5 Å². The molecule has 8 nitrogen and oxygen atoms in total. The molecule has 10 heteroatoms. The zero-order valence-corrected chi connectivity index (χ0v) is 18.6. The minimum atomic E-state index is -0.585. The largest absolute Gasteiger partial charge is 0.366 e. The topological polar surface area (TPSA) is 133 Å². The standard InChI is InChI=1S/C22H19N5O3S2/c1-12(19(29)25-15-9-7-14(8-10-15)18(23)28)32-22-26-20-17(21(30)27(22)24)16(11-31-20)13-5-3-2-4-6-13/h2-12H,24H2,1H3,(H2,23,28)(H,25,29). The molecule has 0 saturated heterocycles. The highest BCUT2D eigenvalue weighted by atomic mass is 32.2. The number of hydrogen-bond donors (Lipinski definition) is 3. The van der Waals surface area contributed by atoms with E-state index in [1.54, 1.807) is 19.1 Å². The van der Waals surface area contributed by atoms with Crippen molar-refractivity contribution in [3.05, 3.63) is 75.9 Å². The lowest BCUT2D eigenvalue weighted by atomic mass is 10.1. The molecular formula is C22H19N5O3S2. The van der Waals surface area contributed by atoms with E-state index in [2.05, 4.69) is 10.3 Å². The summed E-state index contributed by atoms with van der Waals surface area (Å²) in [6.07, 6.45) is 0. The highest BCUT2D eigenvalue weighted by molar-refractivity contribution is 8.00. The maximum absolute atomic E-state index is 13.0. The predicted molar refractivity (Wildman–Crippen MR) is 128 cm³/mol. The number of nitrogens with one attached hydrogen (secondary N) is 1. The minimum absolute atomic E-state index is 0.246. The van der Waals surface area contributed by atoms with Crippen LogP contribution in [0.5, 0.6) is 0 Å². The number of nitrogens with zero attached hydrogens (tertiary/aromatic N) is 2. The molecule has 2 amide bonds. The third-order valence-corrected chi connectivity index (χ3v) is 6.72. The van der Waals surface area contributed by atoms with Crippen molar-refractivity contribution in [3.8, 4) is 11.1 Å². The van der Waals surface area contributed by atoms with Crippen molar-refractivity contribution in [3.63, 3.8) is 0 Å². The normalized spacial score (nSPS) is 11.9.